The normalized spacial score (nSPS) is 9.75. The van der Waals surface area contributed by atoms with Crippen LogP contribution in [0.1, 0.15) is 27.7 Å². The number of methoxy groups -OCH3 is 2. The van der Waals surface area contributed by atoms with Crippen molar-refractivity contribution >= 4 is 0 Å². The molecule has 2 heteroatoms. The van der Waals surface area contributed by atoms with Crippen molar-refractivity contribution in [2.24, 2.45) is 11.8 Å². The second kappa shape index (κ2) is 8.03. The molecular weight excluding hydrogens is 200 g/mol. The quantitative estimate of drug-likeness (QED) is 0.772. The Bertz CT molecular complexity index is 251. The maximum atomic E-state index is 5.01. The van der Waals surface area contributed by atoms with Crippen LogP contribution in [0.4, 0.5) is 0 Å². The highest BCUT2D eigenvalue weighted by Crippen LogP contribution is 2.24. The summed E-state index contributed by atoms with van der Waals surface area (Å²) in [7, 11) is 3.25. The van der Waals surface area contributed by atoms with E-state index in [1.54, 1.807) is 14.2 Å². The summed E-state index contributed by atoms with van der Waals surface area (Å²) < 4.78 is 10.0. The van der Waals surface area contributed by atoms with E-state index in [0.717, 1.165) is 23.3 Å². The predicted molar refractivity (Wildman–Crippen MR) is 69.2 cm³/mol. The van der Waals surface area contributed by atoms with E-state index in [0.29, 0.717) is 0 Å². The molecule has 0 aromatic heterocycles. The van der Waals surface area contributed by atoms with Gasteiger partial charge in [-0.3, -0.25) is 0 Å². The minimum Gasteiger partial charge on any atom is -0.493 e. The molecule has 0 amide bonds. The first-order valence-electron chi connectivity index (χ1n) is 5.69. The molecule has 2 nitrogen and oxygen atoms in total. The molecule has 1 aromatic rings. The van der Waals surface area contributed by atoms with Crippen molar-refractivity contribution in [2.75, 3.05) is 14.2 Å². The monoisotopic (exact) mass is 224 g/mol. The van der Waals surface area contributed by atoms with E-state index >= 15 is 0 Å². The highest BCUT2D eigenvalue weighted by Gasteiger charge is 1.97. The third-order valence-electron chi connectivity index (χ3n) is 2.62. The molecule has 0 N–H and O–H groups in total. The first-order chi connectivity index (χ1) is 7.52. The van der Waals surface area contributed by atoms with Crippen LogP contribution in [-0.4, -0.2) is 14.2 Å². The van der Waals surface area contributed by atoms with E-state index in [4.69, 9.17) is 9.47 Å². The number of ether oxygens (including phenoxy) is 2. The van der Waals surface area contributed by atoms with E-state index in [1.165, 1.54) is 0 Å². The molecule has 0 saturated heterocycles. The maximum absolute atomic E-state index is 5.01. The summed E-state index contributed by atoms with van der Waals surface area (Å²) >= 11 is 0. The Labute approximate surface area is 99.6 Å². The highest BCUT2D eigenvalue weighted by molar-refractivity contribution is 5.38. The van der Waals surface area contributed by atoms with Gasteiger partial charge in [-0.15, -0.1) is 0 Å². The number of rotatable bonds is 3. The van der Waals surface area contributed by atoms with Gasteiger partial charge in [-0.25, -0.2) is 0 Å². The molecule has 0 aliphatic carbocycles. The Morgan fingerprint density at radius 3 is 1.25 bits per heavy atom. The summed E-state index contributed by atoms with van der Waals surface area (Å²) in [6.07, 6.45) is 0. The molecule has 0 atom stereocenters. The topological polar surface area (TPSA) is 18.5 Å². The van der Waals surface area contributed by atoms with Crippen LogP contribution in [-0.2, 0) is 0 Å². The lowest BCUT2D eigenvalue weighted by molar-refractivity contribution is 0.355. The van der Waals surface area contributed by atoms with Crippen molar-refractivity contribution in [3.05, 3.63) is 24.3 Å². The zero-order valence-electron chi connectivity index (χ0n) is 11.3. The van der Waals surface area contributed by atoms with Gasteiger partial charge in [-0.05, 0) is 24.0 Å². The molecule has 0 fully saturated rings. The number of hydrogen-bond acceptors (Lipinski definition) is 2. The van der Waals surface area contributed by atoms with Gasteiger partial charge in [0, 0.05) is 0 Å². The van der Waals surface area contributed by atoms with Crippen molar-refractivity contribution in [3.63, 3.8) is 0 Å². The Kier molecular flexibility index (Phi) is 7.44. The summed E-state index contributed by atoms with van der Waals surface area (Å²) in [5, 5.41) is 0. The van der Waals surface area contributed by atoms with Gasteiger partial charge in [-0.2, -0.15) is 0 Å². The van der Waals surface area contributed by atoms with Gasteiger partial charge >= 0.3 is 0 Å². The molecule has 1 aromatic carbocycles. The van der Waals surface area contributed by atoms with Gasteiger partial charge in [0.25, 0.3) is 0 Å². The number of para-hydroxylation sites is 2. The molecule has 0 spiro atoms. The van der Waals surface area contributed by atoms with Gasteiger partial charge in [0.1, 0.15) is 0 Å². The molecule has 0 aliphatic rings. The van der Waals surface area contributed by atoms with Crippen molar-refractivity contribution in [1.82, 2.24) is 0 Å². The molecule has 0 radical (unpaired) electrons. The molecule has 0 saturated carbocycles. The van der Waals surface area contributed by atoms with Crippen LogP contribution < -0.4 is 9.47 Å². The van der Waals surface area contributed by atoms with Crippen LogP contribution in [0.2, 0.25) is 0 Å². The Balaban J connectivity index is 0.000000325. The standard InChI is InChI=1S/C8H10O2.C6H14/c1-9-7-5-3-4-6-8(7)10-2;1-5(2)6(3)4/h3-6H,1-2H3;5-6H,1-4H3. The molecule has 16 heavy (non-hydrogen) atoms. The van der Waals surface area contributed by atoms with Crippen LogP contribution in [0.25, 0.3) is 0 Å². The summed E-state index contributed by atoms with van der Waals surface area (Å²) in [4.78, 5) is 0. The first kappa shape index (κ1) is 14.8. The van der Waals surface area contributed by atoms with E-state index < -0.39 is 0 Å². The number of benzene rings is 1. The fraction of sp³-hybridized carbons (Fsp3) is 0.571. The van der Waals surface area contributed by atoms with Gasteiger partial charge < -0.3 is 9.47 Å². The van der Waals surface area contributed by atoms with E-state index in [1.807, 2.05) is 24.3 Å². The number of hydrogen-bond donors (Lipinski definition) is 0. The minimum absolute atomic E-state index is 0.769. The summed E-state index contributed by atoms with van der Waals surface area (Å²) in [6.45, 7) is 8.96. The van der Waals surface area contributed by atoms with Gasteiger partial charge in [0.05, 0.1) is 14.2 Å². The molecule has 0 aliphatic heterocycles. The molecule has 0 unspecified atom stereocenters. The largest absolute Gasteiger partial charge is 0.493 e. The Morgan fingerprint density at radius 1 is 0.750 bits per heavy atom. The van der Waals surface area contributed by atoms with Crippen LogP contribution in [0.5, 0.6) is 11.5 Å². The summed E-state index contributed by atoms with van der Waals surface area (Å²) in [5.41, 5.74) is 0. The second-order valence-electron chi connectivity index (χ2n) is 4.34. The maximum Gasteiger partial charge on any atom is 0.160 e. The Morgan fingerprint density at radius 2 is 1.06 bits per heavy atom. The lowest BCUT2D eigenvalue weighted by Gasteiger charge is -2.05. The highest BCUT2D eigenvalue weighted by atomic mass is 16.5. The fourth-order valence-corrected chi connectivity index (χ4v) is 0.787. The third-order valence-corrected chi connectivity index (χ3v) is 2.62. The smallest absolute Gasteiger partial charge is 0.160 e. The van der Waals surface area contributed by atoms with Crippen LogP contribution in [0.15, 0.2) is 24.3 Å². The van der Waals surface area contributed by atoms with E-state index in [9.17, 15) is 0 Å². The lowest BCUT2D eigenvalue weighted by atomic mass is 10.0. The van der Waals surface area contributed by atoms with Crippen LogP contribution in [0.3, 0.4) is 0 Å². The van der Waals surface area contributed by atoms with Crippen molar-refractivity contribution in [3.8, 4) is 11.5 Å². The molecule has 1 rings (SSSR count). The van der Waals surface area contributed by atoms with E-state index in [-0.39, 0.29) is 0 Å². The lowest BCUT2D eigenvalue weighted by Crippen LogP contribution is -1.95. The van der Waals surface area contributed by atoms with Crippen molar-refractivity contribution in [1.29, 1.82) is 0 Å². The van der Waals surface area contributed by atoms with Gasteiger partial charge in [0.2, 0.25) is 0 Å². The SMILES string of the molecule is CC(C)C(C)C.COc1ccccc1OC. The summed E-state index contributed by atoms with van der Waals surface area (Å²) in [5.74, 6) is 3.24. The molecule has 92 valence electrons. The molecule has 0 heterocycles. The van der Waals surface area contributed by atoms with Crippen LogP contribution >= 0.6 is 0 Å². The predicted octanol–water partition coefficient (Wildman–Crippen LogP) is 4.00. The molecule has 0 bridgehead atoms. The van der Waals surface area contributed by atoms with Crippen molar-refractivity contribution < 1.29 is 9.47 Å². The molecular formula is C14H24O2. The second-order valence-corrected chi connectivity index (χ2v) is 4.34. The van der Waals surface area contributed by atoms with Crippen molar-refractivity contribution in [2.45, 2.75) is 27.7 Å². The fourth-order valence-electron chi connectivity index (χ4n) is 0.787. The first-order valence-corrected chi connectivity index (χ1v) is 5.69. The minimum atomic E-state index is 0.769. The average Bonchev–Trinajstić information content (AvgIpc) is 2.29. The van der Waals surface area contributed by atoms with Gasteiger partial charge in [-0.1, -0.05) is 39.8 Å². The third kappa shape index (κ3) is 5.64. The zero-order valence-corrected chi connectivity index (χ0v) is 11.3. The van der Waals surface area contributed by atoms with Gasteiger partial charge in [0.15, 0.2) is 11.5 Å². The Hall–Kier alpha value is -1.18. The van der Waals surface area contributed by atoms with Crippen LogP contribution in [0, 0.1) is 11.8 Å². The zero-order chi connectivity index (χ0) is 12.6. The van der Waals surface area contributed by atoms with E-state index in [2.05, 4.69) is 27.7 Å². The summed E-state index contributed by atoms with van der Waals surface area (Å²) in [6, 6.07) is 7.53. The average molecular weight is 224 g/mol.